The second kappa shape index (κ2) is 16.9. The molecule has 2 heterocycles. The largest absolute Gasteiger partial charge is 0.467 e. The zero-order valence-electron chi connectivity index (χ0n) is 27.5. The van der Waals surface area contributed by atoms with Gasteiger partial charge in [-0.25, -0.2) is 20.7 Å². The summed E-state index contributed by atoms with van der Waals surface area (Å²) < 4.78 is 4.63. The van der Waals surface area contributed by atoms with Gasteiger partial charge < -0.3 is 30.9 Å². The molecule has 0 radical (unpaired) electrons. The van der Waals surface area contributed by atoms with Gasteiger partial charge in [-0.2, -0.15) is 0 Å². The summed E-state index contributed by atoms with van der Waals surface area (Å²) in [5.41, 5.74) is 11.6. The van der Waals surface area contributed by atoms with Crippen LogP contribution in [0.3, 0.4) is 0 Å². The Kier molecular flexibility index (Phi) is 14.3. The Morgan fingerprint density at radius 3 is 1.91 bits per heavy atom. The minimum Gasteiger partial charge on any atom is -0.467 e. The maximum Gasteiger partial charge on any atom is 0.331 e. The van der Waals surface area contributed by atoms with Crippen molar-refractivity contribution >= 4 is 35.5 Å². The number of aliphatic hydroxyl groups excluding tert-OH is 2. The lowest BCUT2D eigenvalue weighted by molar-refractivity contribution is -0.190. The SMILES string of the molecule is COC(=O)[C@H](NC(=O)C1CCCNN1C(=O)[C@@H](C)N(C)C(=O)[C@H](C)N(O)C(=O)[C@H]1CCCNN1C(=O)[C@@H](N)[C@@H](O)C(C)C)[C@H](C)O. The summed E-state index contributed by atoms with van der Waals surface area (Å²) in [6.45, 7) is 8.01. The summed E-state index contributed by atoms with van der Waals surface area (Å²) in [7, 11) is 2.40. The number of hydroxylamine groups is 2. The number of ether oxygens (including phenoxy) is 1. The highest BCUT2D eigenvalue weighted by Crippen LogP contribution is 2.19. The Balaban J connectivity index is 2.16. The lowest BCUT2D eigenvalue weighted by atomic mass is 9.98. The van der Waals surface area contributed by atoms with Gasteiger partial charge in [0.25, 0.3) is 17.7 Å². The lowest BCUT2D eigenvalue weighted by Crippen LogP contribution is -2.66. The molecule has 2 rings (SSSR count). The van der Waals surface area contributed by atoms with Gasteiger partial charge in [0.1, 0.15) is 30.2 Å². The first kappa shape index (κ1) is 38.8. The summed E-state index contributed by atoms with van der Waals surface area (Å²) >= 11 is 0. The van der Waals surface area contributed by atoms with Gasteiger partial charge in [-0.3, -0.25) is 39.2 Å². The molecule has 46 heavy (non-hydrogen) atoms. The molecule has 2 aliphatic heterocycles. The van der Waals surface area contributed by atoms with Crippen LogP contribution in [0.1, 0.15) is 60.3 Å². The van der Waals surface area contributed by atoms with Gasteiger partial charge in [-0.05, 0) is 52.4 Å². The Morgan fingerprint density at radius 1 is 0.891 bits per heavy atom. The van der Waals surface area contributed by atoms with Gasteiger partial charge in [-0.1, -0.05) is 13.8 Å². The number of amides is 5. The molecule has 0 aliphatic carbocycles. The van der Waals surface area contributed by atoms with E-state index in [1.807, 2.05) is 0 Å². The highest BCUT2D eigenvalue weighted by Gasteiger charge is 2.43. The van der Waals surface area contributed by atoms with E-state index in [1.165, 1.54) is 27.8 Å². The van der Waals surface area contributed by atoms with E-state index in [1.54, 1.807) is 13.8 Å². The van der Waals surface area contributed by atoms with E-state index in [2.05, 4.69) is 20.9 Å². The van der Waals surface area contributed by atoms with E-state index in [0.717, 1.165) is 22.0 Å². The van der Waals surface area contributed by atoms with Crippen LogP contribution in [0.5, 0.6) is 0 Å². The molecule has 2 saturated heterocycles. The van der Waals surface area contributed by atoms with Crippen molar-refractivity contribution in [1.82, 2.24) is 36.1 Å². The minimum atomic E-state index is -1.48. The fraction of sp³-hybridized carbons (Fsp3) is 0.786. The average molecular weight is 659 g/mol. The molecule has 1 unspecified atom stereocenters. The smallest absolute Gasteiger partial charge is 0.331 e. The molecule has 2 aliphatic rings. The monoisotopic (exact) mass is 658 g/mol. The van der Waals surface area contributed by atoms with Gasteiger partial charge >= 0.3 is 5.97 Å². The molecular weight excluding hydrogens is 608 g/mol. The van der Waals surface area contributed by atoms with Gasteiger partial charge in [-0.15, -0.1) is 0 Å². The third-order valence-corrected chi connectivity index (χ3v) is 8.37. The predicted molar refractivity (Wildman–Crippen MR) is 161 cm³/mol. The quantitative estimate of drug-likeness (QED) is 0.0622. The molecule has 0 aromatic carbocycles. The van der Waals surface area contributed by atoms with E-state index in [9.17, 15) is 44.2 Å². The third kappa shape index (κ3) is 8.89. The second-order valence-electron chi connectivity index (χ2n) is 12.0. The summed E-state index contributed by atoms with van der Waals surface area (Å²) in [4.78, 5) is 79.5. The number of esters is 1. The number of methoxy groups -OCH3 is 1. The van der Waals surface area contributed by atoms with Crippen LogP contribution in [0, 0.1) is 5.92 Å². The third-order valence-electron chi connectivity index (χ3n) is 8.37. The second-order valence-corrected chi connectivity index (χ2v) is 12.0. The maximum atomic E-state index is 13.5. The van der Waals surface area contributed by atoms with Crippen LogP contribution in [-0.4, -0.2) is 147 Å². The molecule has 262 valence electrons. The molecule has 0 aromatic rings. The molecule has 5 amide bonds. The molecule has 0 aromatic heterocycles. The number of nitrogens with one attached hydrogen (secondary N) is 3. The maximum absolute atomic E-state index is 13.5. The fourth-order valence-corrected chi connectivity index (χ4v) is 5.19. The summed E-state index contributed by atoms with van der Waals surface area (Å²) in [5.74, 6) is -5.14. The highest BCUT2D eigenvalue weighted by atomic mass is 16.5. The molecule has 18 heteroatoms. The van der Waals surface area contributed by atoms with Gasteiger partial charge in [0.15, 0.2) is 6.04 Å². The molecule has 2 fully saturated rings. The topological polar surface area (TPSA) is 247 Å². The Labute approximate surface area is 268 Å². The number of hydrogen-bond donors (Lipinski definition) is 7. The van der Waals surface area contributed by atoms with Crippen LogP contribution in [0.2, 0.25) is 0 Å². The molecule has 18 nitrogen and oxygen atoms in total. The zero-order chi connectivity index (χ0) is 35.0. The van der Waals surface area contributed by atoms with Gasteiger partial charge in [0, 0.05) is 20.1 Å². The van der Waals surface area contributed by atoms with E-state index in [-0.39, 0.29) is 23.8 Å². The van der Waals surface area contributed by atoms with Gasteiger partial charge in [0.05, 0.1) is 19.3 Å². The first-order valence-corrected chi connectivity index (χ1v) is 15.4. The number of rotatable bonds is 12. The number of hydrazine groups is 2. The van der Waals surface area contributed by atoms with Crippen molar-refractivity contribution in [3.63, 3.8) is 0 Å². The summed E-state index contributed by atoms with van der Waals surface area (Å²) in [5, 5.41) is 35.7. The first-order chi connectivity index (χ1) is 21.5. The average Bonchev–Trinajstić information content (AvgIpc) is 3.06. The molecule has 0 bridgehead atoms. The van der Waals surface area contributed by atoms with Crippen molar-refractivity contribution in [2.24, 2.45) is 11.7 Å². The van der Waals surface area contributed by atoms with Crippen LogP contribution in [0.4, 0.5) is 0 Å². The Bertz CT molecular complexity index is 1120. The number of aliphatic hydroxyl groups is 2. The van der Waals surface area contributed by atoms with E-state index in [4.69, 9.17) is 5.73 Å². The zero-order valence-corrected chi connectivity index (χ0v) is 27.5. The summed E-state index contributed by atoms with van der Waals surface area (Å²) in [6, 6.07) is -7.68. The van der Waals surface area contributed by atoms with Crippen molar-refractivity contribution < 1.29 is 48.9 Å². The molecule has 0 spiro atoms. The highest BCUT2D eigenvalue weighted by molar-refractivity contribution is 5.95. The fourth-order valence-electron chi connectivity index (χ4n) is 5.19. The molecular formula is C28H50N8O10. The van der Waals surface area contributed by atoms with Gasteiger partial charge in [0.2, 0.25) is 11.8 Å². The number of hydrogen-bond acceptors (Lipinski definition) is 13. The van der Waals surface area contributed by atoms with Crippen molar-refractivity contribution in [3.8, 4) is 0 Å². The van der Waals surface area contributed by atoms with Crippen LogP contribution in [-0.2, 0) is 33.5 Å². The van der Waals surface area contributed by atoms with Crippen molar-refractivity contribution in [3.05, 3.63) is 0 Å². The number of nitrogens with zero attached hydrogens (tertiary/aromatic N) is 4. The Hall–Kier alpha value is -3.42. The number of carbonyl (C=O) groups excluding carboxylic acids is 6. The Morgan fingerprint density at radius 2 is 1.41 bits per heavy atom. The van der Waals surface area contributed by atoms with E-state index in [0.29, 0.717) is 25.9 Å². The number of carbonyl (C=O) groups is 6. The minimum absolute atomic E-state index is 0.154. The predicted octanol–water partition coefficient (Wildman–Crippen LogP) is -3.19. The lowest BCUT2D eigenvalue weighted by Gasteiger charge is -2.40. The van der Waals surface area contributed by atoms with E-state index >= 15 is 0 Å². The normalized spacial score (nSPS) is 22.5. The van der Waals surface area contributed by atoms with Crippen molar-refractivity contribution in [1.29, 1.82) is 0 Å². The van der Waals surface area contributed by atoms with Crippen LogP contribution in [0.15, 0.2) is 0 Å². The molecule has 8 atom stereocenters. The van der Waals surface area contributed by atoms with Crippen LogP contribution < -0.4 is 21.9 Å². The molecule has 0 saturated carbocycles. The number of likely N-dealkylation sites (N-methyl/N-ethyl adjacent to an activating group) is 1. The molecule has 8 N–H and O–H groups in total. The standard InChI is InChI=1S/C28H50N8O10/c1-14(2)22(38)20(29)27(43)35-19(11-9-13-31-35)26(42)36(45)16(4)24(40)33(6)15(3)25(41)34-18(10-8-12-30-34)23(39)32-21(17(5)37)28(44)46-7/h14-22,30-31,37-38,45H,8-13,29H2,1-7H3,(H,32,39)/t15-,16+,17+,18?,19-,20+,21-,22+/m1/s1. The van der Waals surface area contributed by atoms with Crippen molar-refractivity contribution in [2.45, 2.75) is 109 Å². The van der Waals surface area contributed by atoms with Crippen LogP contribution >= 0.6 is 0 Å². The number of nitrogens with two attached hydrogens (primary N) is 1. The van der Waals surface area contributed by atoms with Crippen LogP contribution in [0.25, 0.3) is 0 Å². The summed E-state index contributed by atoms with van der Waals surface area (Å²) in [6.07, 6.45) is -1.10. The first-order valence-electron chi connectivity index (χ1n) is 15.4. The van der Waals surface area contributed by atoms with Crippen molar-refractivity contribution in [2.75, 3.05) is 27.2 Å². The van der Waals surface area contributed by atoms with E-state index < -0.39 is 84.0 Å².